The fraction of sp³-hybridized carbons (Fsp3) is 0.0909. The Labute approximate surface area is 131 Å². The van der Waals surface area contributed by atoms with Crippen molar-refractivity contribution in [1.82, 2.24) is 4.72 Å². The molecule has 2 aromatic rings. The van der Waals surface area contributed by atoms with Gasteiger partial charge in [-0.05, 0) is 29.8 Å². The summed E-state index contributed by atoms with van der Waals surface area (Å²) >= 11 is 6.66. The third-order valence-corrected chi connectivity index (χ3v) is 6.59. The first-order valence-corrected chi connectivity index (χ1v) is 9.78. The summed E-state index contributed by atoms with van der Waals surface area (Å²) in [6.45, 7) is 0.0305. The predicted octanol–water partition coefficient (Wildman–Crippen LogP) is 1.53. The van der Waals surface area contributed by atoms with E-state index >= 15 is 0 Å². The Morgan fingerprint density at radius 1 is 1.05 bits per heavy atom. The van der Waals surface area contributed by atoms with Gasteiger partial charge in [-0.1, -0.05) is 23.7 Å². The highest BCUT2D eigenvalue weighted by Gasteiger charge is 2.16. The molecule has 2 rings (SSSR count). The van der Waals surface area contributed by atoms with E-state index in [1.807, 2.05) is 0 Å². The number of nitrogens with one attached hydrogen (secondary N) is 1. The minimum absolute atomic E-state index is 0.0286. The zero-order chi connectivity index (χ0) is 15.7. The number of halogens is 1. The summed E-state index contributed by atoms with van der Waals surface area (Å²) in [4.78, 5) is -0.0286. The smallest absolute Gasteiger partial charge is 0.225 e. The fourth-order valence-corrected chi connectivity index (χ4v) is 4.55. The SMILES string of the molecule is NS(=O)(=O)c1ccc(CNS(=O)(=O)c2ccc(Cl)s2)cc1. The van der Waals surface area contributed by atoms with Crippen LogP contribution < -0.4 is 9.86 Å². The van der Waals surface area contributed by atoms with E-state index in [-0.39, 0.29) is 15.6 Å². The molecule has 0 spiro atoms. The van der Waals surface area contributed by atoms with E-state index in [9.17, 15) is 16.8 Å². The Kier molecular flexibility index (Phi) is 4.71. The molecule has 10 heteroatoms. The number of rotatable bonds is 5. The van der Waals surface area contributed by atoms with Gasteiger partial charge in [0, 0.05) is 6.54 Å². The minimum Gasteiger partial charge on any atom is -0.225 e. The average Bonchev–Trinajstić information content (AvgIpc) is 2.83. The summed E-state index contributed by atoms with van der Waals surface area (Å²) in [6, 6.07) is 8.54. The van der Waals surface area contributed by atoms with Crippen LogP contribution >= 0.6 is 22.9 Å². The molecule has 0 unspecified atom stereocenters. The van der Waals surface area contributed by atoms with Crippen LogP contribution in [0, 0.1) is 0 Å². The normalized spacial score (nSPS) is 12.5. The van der Waals surface area contributed by atoms with Crippen LogP contribution in [-0.4, -0.2) is 16.8 Å². The first-order chi connectivity index (χ1) is 9.68. The molecule has 0 aliphatic rings. The van der Waals surface area contributed by atoms with Gasteiger partial charge in [0.15, 0.2) is 0 Å². The van der Waals surface area contributed by atoms with E-state index in [1.54, 1.807) is 0 Å². The summed E-state index contributed by atoms with van der Waals surface area (Å²) in [5.41, 5.74) is 0.605. The van der Waals surface area contributed by atoms with Crippen molar-refractivity contribution in [1.29, 1.82) is 0 Å². The van der Waals surface area contributed by atoms with Crippen LogP contribution in [0.5, 0.6) is 0 Å². The summed E-state index contributed by atoms with van der Waals surface area (Å²) in [7, 11) is -7.39. The van der Waals surface area contributed by atoms with Gasteiger partial charge in [0.2, 0.25) is 20.0 Å². The standard InChI is InChI=1S/C11H11ClN2O4S3/c12-10-5-6-11(19-10)21(17,18)14-7-8-1-3-9(4-2-8)20(13,15)16/h1-6,14H,7H2,(H2,13,15,16). The molecular formula is C11H11ClN2O4S3. The predicted molar refractivity (Wildman–Crippen MR) is 81.2 cm³/mol. The summed E-state index contributed by atoms with van der Waals surface area (Å²) in [6.07, 6.45) is 0. The molecule has 1 aromatic heterocycles. The maximum absolute atomic E-state index is 12.0. The summed E-state index contributed by atoms with van der Waals surface area (Å²) in [5.74, 6) is 0. The van der Waals surface area contributed by atoms with Gasteiger partial charge in [-0.2, -0.15) is 0 Å². The molecule has 3 N–H and O–H groups in total. The molecule has 0 aliphatic carbocycles. The van der Waals surface area contributed by atoms with Crippen LogP contribution in [0.4, 0.5) is 0 Å². The number of thiophene rings is 1. The van der Waals surface area contributed by atoms with Gasteiger partial charge in [0.1, 0.15) is 4.21 Å². The van der Waals surface area contributed by atoms with Gasteiger partial charge >= 0.3 is 0 Å². The second-order valence-corrected chi connectivity index (χ2v) is 9.34. The highest BCUT2D eigenvalue weighted by Crippen LogP contribution is 2.25. The minimum atomic E-state index is -3.75. The Morgan fingerprint density at radius 2 is 1.67 bits per heavy atom. The lowest BCUT2D eigenvalue weighted by Crippen LogP contribution is -2.22. The van der Waals surface area contributed by atoms with Gasteiger partial charge in [0.25, 0.3) is 0 Å². The van der Waals surface area contributed by atoms with Crippen LogP contribution in [0.3, 0.4) is 0 Å². The largest absolute Gasteiger partial charge is 0.250 e. The van der Waals surface area contributed by atoms with E-state index in [4.69, 9.17) is 16.7 Å². The Bertz CT molecular complexity index is 842. The van der Waals surface area contributed by atoms with Crippen LogP contribution in [0.1, 0.15) is 5.56 Å². The number of hydrogen-bond donors (Lipinski definition) is 2. The Hall–Kier alpha value is -0.970. The van der Waals surface area contributed by atoms with E-state index in [0.29, 0.717) is 9.90 Å². The molecule has 0 radical (unpaired) electrons. The third kappa shape index (κ3) is 4.25. The molecule has 6 nitrogen and oxygen atoms in total. The molecule has 0 fully saturated rings. The monoisotopic (exact) mass is 366 g/mol. The molecule has 1 aromatic carbocycles. The van der Waals surface area contributed by atoms with Crippen LogP contribution in [0.15, 0.2) is 45.5 Å². The maximum Gasteiger partial charge on any atom is 0.250 e. The number of hydrogen-bond acceptors (Lipinski definition) is 5. The number of sulfonamides is 2. The summed E-state index contributed by atoms with van der Waals surface area (Å²) in [5, 5.41) is 4.98. The van der Waals surface area contributed by atoms with E-state index < -0.39 is 20.0 Å². The molecule has 0 aliphatic heterocycles. The number of primary sulfonamides is 1. The fourth-order valence-electron chi connectivity index (χ4n) is 1.49. The van der Waals surface area contributed by atoms with Crippen molar-refractivity contribution in [2.24, 2.45) is 5.14 Å². The van der Waals surface area contributed by atoms with E-state index in [0.717, 1.165) is 11.3 Å². The molecule has 0 saturated carbocycles. The van der Waals surface area contributed by atoms with Crippen molar-refractivity contribution < 1.29 is 16.8 Å². The average molecular weight is 367 g/mol. The molecular weight excluding hydrogens is 356 g/mol. The molecule has 1 heterocycles. The van der Waals surface area contributed by atoms with E-state index in [1.165, 1.54) is 36.4 Å². The van der Waals surface area contributed by atoms with Gasteiger partial charge in [-0.3, -0.25) is 0 Å². The van der Waals surface area contributed by atoms with Gasteiger partial charge in [-0.25, -0.2) is 26.7 Å². The van der Waals surface area contributed by atoms with Gasteiger partial charge < -0.3 is 0 Å². The van der Waals surface area contributed by atoms with Crippen molar-refractivity contribution >= 4 is 43.0 Å². The molecule has 0 saturated heterocycles. The number of benzene rings is 1. The zero-order valence-corrected chi connectivity index (χ0v) is 13.7. The highest BCUT2D eigenvalue weighted by atomic mass is 35.5. The van der Waals surface area contributed by atoms with Crippen molar-refractivity contribution in [3.63, 3.8) is 0 Å². The van der Waals surface area contributed by atoms with Crippen molar-refractivity contribution in [3.05, 3.63) is 46.3 Å². The van der Waals surface area contributed by atoms with Gasteiger partial charge in [-0.15, -0.1) is 11.3 Å². The second-order valence-electron chi connectivity index (χ2n) is 4.07. The first-order valence-electron chi connectivity index (χ1n) is 5.55. The topological polar surface area (TPSA) is 106 Å². The van der Waals surface area contributed by atoms with Gasteiger partial charge in [0.05, 0.1) is 9.23 Å². The van der Waals surface area contributed by atoms with Crippen molar-refractivity contribution in [3.8, 4) is 0 Å². The molecule has 0 amide bonds. The Morgan fingerprint density at radius 3 is 2.14 bits per heavy atom. The van der Waals surface area contributed by atoms with Crippen LogP contribution in [-0.2, 0) is 26.6 Å². The zero-order valence-electron chi connectivity index (χ0n) is 10.5. The highest BCUT2D eigenvalue weighted by molar-refractivity contribution is 7.91. The molecule has 21 heavy (non-hydrogen) atoms. The Balaban J connectivity index is 2.10. The van der Waals surface area contributed by atoms with Crippen LogP contribution in [0.2, 0.25) is 4.34 Å². The maximum atomic E-state index is 12.0. The van der Waals surface area contributed by atoms with Crippen molar-refractivity contribution in [2.45, 2.75) is 15.6 Å². The van der Waals surface area contributed by atoms with E-state index in [2.05, 4.69) is 4.72 Å². The quantitative estimate of drug-likeness (QED) is 0.836. The molecule has 114 valence electrons. The lowest BCUT2D eigenvalue weighted by Gasteiger charge is -2.05. The first kappa shape index (κ1) is 16.4. The number of nitrogens with two attached hydrogens (primary N) is 1. The molecule has 0 atom stereocenters. The third-order valence-electron chi connectivity index (χ3n) is 2.53. The lowest BCUT2D eigenvalue weighted by atomic mass is 10.2. The van der Waals surface area contributed by atoms with Crippen molar-refractivity contribution in [2.75, 3.05) is 0 Å². The van der Waals surface area contributed by atoms with Crippen LogP contribution in [0.25, 0.3) is 0 Å². The molecule has 0 bridgehead atoms. The second kappa shape index (κ2) is 6.03. The lowest BCUT2D eigenvalue weighted by molar-refractivity contribution is 0.583. The summed E-state index contributed by atoms with van der Waals surface area (Å²) < 4.78 is 49.1.